The molecule has 642 valence electrons. The van der Waals surface area contributed by atoms with E-state index in [2.05, 4.69) is 15.9 Å². The van der Waals surface area contributed by atoms with E-state index in [0.29, 0.717) is 0 Å². The van der Waals surface area contributed by atoms with Crippen LogP contribution in [0.25, 0.3) is 0 Å². The molecule has 0 radical (unpaired) electrons. The molecule has 0 heterocycles. The van der Waals surface area contributed by atoms with Crippen molar-refractivity contribution in [2.24, 2.45) is 0 Å². The number of alkyl halides is 64. The summed E-state index contributed by atoms with van der Waals surface area (Å²) in [6.45, 7) is 0. The molecule has 0 atom stereocenters. The summed E-state index contributed by atoms with van der Waals surface area (Å²) >= 11 is 2.26. The zero-order valence-electron chi connectivity index (χ0n) is 47.9. The van der Waals surface area contributed by atoms with Gasteiger partial charge in [-0.05, 0) is 23.7 Å². The number of hydrogen-bond acceptors (Lipinski definition) is 0. The van der Waals surface area contributed by atoms with Gasteiger partial charge in [0, 0.05) is 24.6 Å². The highest BCUT2D eigenvalue weighted by Crippen LogP contribution is 2.72. The van der Waals surface area contributed by atoms with Crippen LogP contribution in [0.4, 0.5) is 277 Å². The van der Waals surface area contributed by atoms with Crippen LogP contribution in [-0.4, -0.2) is 187 Å². The molecule has 65 heteroatoms. The zero-order valence-corrected chi connectivity index (χ0v) is 50.5. The van der Waals surface area contributed by atoms with E-state index in [1.165, 1.54) is 0 Å². The number of rotatable bonds is 35. The molecule has 0 aliphatic heterocycles. The van der Waals surface area contributed by atoms with Gasteiger partial charge in [0.05, 0.1) is 8.07 Å². The van der Waals surface area contributed by atoms with Gasteiger partial charge in [0.2, 0.25) is 0 Å². The van der Waals surface area contributed by atoms with Gasteiger partial charge in [-0.1, -0.05) is 45.4 Å². The molecule has 0 nitrogen and oxygen atoms in total. The molecule has 0 unspecified atom stereocenters. The molecule has 1 rings (SSSR count). The molecule has 108 heavy (non-hydrogen) atoms. The molecule has 1 aromatic rings. The van der Waals surface area contributed by atoms with Crippen molar-refractivity contribution in [3.63, 3.8) is 0 Å². The van der Waals surface area contributed by atoms with Gasteiger partial charge in [0.1, 0.15) is 0 Å². The van der Waals surface area contributed by atoms with Gasteiger partial charge >= 0.3 is 178 Å². The maximum absolute atomic E-state index is 15.6. The first kappa shape index (κ1) is 102. The van der Waals surface area contributed by atoms with Crippen LogP contribution in [0.1, 0.15) is 24.8 Å². The summed E-state index contributed by atoms with van der Waals surface area (Å²) in [5, 5.41) is -3.72. The molecule has 0 amide bonds. The standard InChI is InChI=1S/C43H18BrF63Si/c44-11-12-1-3-13(4-2-12)108(8-5-14(45,46)17(51,52)20(57,58)23(63,64)26(69,70)29(75,76)32(81,82)35(87,88)38(93,94)41(99,100)101,9-6-15(47,48)18(53,54)21(59,60)24(65,66)27(71,72)30(77,78)33(83,84)36(89,90)39(95,96)42(102,103)104)10-7-16(49,50)19(55,56)22(61,62)25(67,68)28(73,74)31(79,80)34(85,86)37(91,92)40(97,98)43(105,106)107/h1-4H,5-11H2. The maximum atomic E-state index is 15.6. The summed E-state index contributed by atoms with van der Waals surface area (Å²) in [5.74, 6) is -263. The van der Waals surface area contributed by atoms with Crippen molar-refractivity contribution in [1.82, 2.24) is 0 Å². The van der Waals surface area contributed by atoms with E-state index < -0.39 is 252 Å². The molecular formula is C43H18BrF63Si. The van der Waals surface area contributed by atoms with E-state index in [1.807, 2.05) is 0 Å². The fourth-order valence-corrected chi connectivity index (χ4v) is 13.4. The Bertz CT molecular complexity index is 2970. The molecule has 0 aromatic heterocycles. The van der Waals surface area contributed by atoms with Crippen molar-refractivity contribution >= 4 is 29.2 Å². The smallest absolute Gasteiger partial charge is 0.200 e. The Morgan fingerprint density at radius 1 is 0.176 bits per heavy atom. The summed E-state index contributed by atoms with van der Waals surface area (Å²) < 4.78 is 895. The number of benzene rings is 1. The zero-order chi connectivity index (χ0) is 88.4. The molecule has 0 aliphatic carbocycles. The molecule has 0 fully saturated rings. The van der Waals surface area contributed by atoms with Crippen LogP contribution in [0, 0.1) is 0 Å². The van der Waals surface area contributed by atoms with E-state index in [-0.39, 0.29) is 12.1 Å². The topological polar surface area (TPSA) is 0 Å². The van der Waals surface area contributed by atoms with E-state index in [0.717, 1.165) is 0 Å². The lowest BCUT2D eigenvalue weighted by molar-refractivity contribution is -0.474. The molecule has 0 spiro atoms. The Balaban J connectivity index is 4.92. The fraction of sp³-hybridized carbons (Fsp3) is 0.860. The molecule has 0 N–H and O–H groups in total. The summed E-state index contributed by atoms with van der Waals surface area (Å²) in [7, 11) is -8.12. The first-order valence-electron chi connectivity index (χ1n) is 25.0. The van der Waals surface area contributed by atoms with Crippen LogP contribution < -0.4 is 5.19 Å². The van der Waals surface area contributed by atoms with Gasteiger partial charge in [-0.15, -0.1) is 0 Å². The average molecular weight is 1840 g/mol. The monoisotopic (exact) mass is 1840 g/mol. The normalized spacial score (nSPS) is 17.0. The van der Waals surface area contributed by atoms with E-state index >= 15 is 52.7 Å². The molecule has 1 aromatic carbocycles. The van der Waals surface area contributed by atoms with Crippen LogP contribution in [-0.2, 0) is 5.33 Å². The second-order valence-corrected chi connectivity index (χ2v) is 27.2. The molecule has 0 saturated heterocycles. The van der Waals surface area contributed by atoms with Gasteiger partial charge in [-0.25, -0.2) is 0 Å². The minimum absolute atomic E-state index is 0.277. The van der Waals surface area contributed by atoms with E-state index in [9.17, 15) is 224 Å². The van der Waals surface area contributed by atoms with Crippen molar-refractivity contribution in [3.8, 4) is 0 Å². The predicted molar refractivity (Wildman–Crippen MR) is 224 cm³/mol. The minimum Gasteiger partial charge on any atom is -0.200 e. The van der Waals surface area contributed by atoms with Crippen molar-refractivity contribution < 1.29 is 277 Å². The summed E-state index contributed by atoms with van der Waals surface area (Å²) in [5.41, 5.74) is -0.965. The Morgan fingerprint density at radius 3 is 0.417 bits per heavy atom. The molecule has 0 aliphatic rings. The maximum Gasteiger partial charge on any atom is 0.460 e. The van der Waals surface area contributed by atoms with Gasteiger partial charge in [0.15, 0.2) is 0 Å². The Kier molecular flexibility index (Phi) is 25.2. The van der Waals surface area contributed by atoms with Crippen LogP contribution in [0.2, 0.25) is 18.1 Å². The lowest BCUT2D eigenvalue weighted by Crippen LogP contribution is -2.77. The summed E-state index contributed by atoms with van der Waals surface area (Å²) in [4.78, 5) is 0. The predicted octanol–water partition coefficient (Wildman–Crippen LogP) is 24.2. The third kappa shape index (κ3) is 13.3. The molecular weight excluding hydrogens is 1820 g/mol. The average Bonchev–Trinajstić information content (AvgIpc) is 0.694. The first-order valence-corrected chi connectivity index (χ1v) is 28.7. The number of halogens is 64. The lowest BCUT2D eigenvalue weighted by atomic mass is 9.86. The molecule has 0 bridgehead atoms. The van der Waals surface area contributed by atoms with Crippen molar-refractivity contribution in [3.05, 3.63) is 29.8 Å². The Labute approximate surface area is 557 Å². The fourth-order valence-electron chi connectivity index (χ4n) is 8.19. The van der Waals surface area contributed by atoms with Crippen molar-refractivity contribution in [2.75, 3.05) is 0 Å². The second kappa shape index (κ2) is 26.8. The summed E-state index contributed by atoms with van der Waals surface area (Å²) in [6.07, 6.45) is -40.7. The van der Waals surface area contributed by atoms with Crippen LogP contribution in [0.15, 0.2) is 24.3 Å². The Morgan fingerprint density at radius 2 is 0.296 bits per heavy atom. The van der Waals surface area contributed by atoms with Gasteiger partial charge in [-0.3, -0.25) is 0 Å². The van der Waals surface area contributed by atoms with E-state index in [1.54, 1.807) is 0 Å². The first-order chi connectivity index (χ1) is 45.9. The second-order valence-electron chi connectivity index (χ2n) is 22.0. The van der Waals surface area contributed by atoms with Crippen LogP contribution >= 0.6 is 15.9 Å². The highest BCUT2D eigenvalue weighted by Gasteiger charge is 3.02. The van der Waals surface area contributed by atoms with Gasteiger partial charge in [0.25, 0.3) is 0 Å². The van der Waals surface area contributed by atoms with Gasteiger partial charge in [-0.2, -0.15) is 277 Å². The minimum atomic E-state index is -10.2. The lowest BCUT2D eigenvalue weighted by Gasteiger charge is -2.45. The van der Waals surface area contributed by atoms with Crippen molar-refractivity contribution in [1.29, 1.82) is 0 Å². The largest absolute Gasteiger partial charge is 0.460 e. The van der Waals surface area contributed by atoms with Gasteiger partial charge < -0.3 is 0 Å². The highest BCUT2D eigenvalue weighted by atomic mass is 79.9. The SMILES string of the molecule is FC(F)(F)C(F)(F)C(F)(F)C(F)(F)C(F)(F)C(F)(F)C(F)(F)C(F)(F)C(F)(F)C(F)(F)CC[Si](CCC(F)(F)C(F)(F)C(F)(F)C(F)(F)C(F)(F)C(F)(F)C(F)(F)C(F)(F)C(F)(F)C(F)(F)F)(CCC(F)(F)C(F)(F)C(F)(F)C(F)(F)C(F)(F)C(F)(F)C(F)(F)C(F)(F)C(F)(F)C(F)(F)F)c1ccc(CBr)cc1. The highest BCUT2D eigenvalue weighted by molar-refractivity contribution is 9.08. The van der Waals surface area contributed by atoms with Crippen LogP contribution in [0.5, 0.6) is 0 Å². The quantitative estimate of drug-likeness (QED) is 0.0361. The Hall–Kier alpha value is -4.49. The number of hydrogen-bond donors (Lipinski definition) is 0. The third-order valence-electron chi connectivity index (χ3n) is 15.2. The van der Waals surface area contributed by atoms with Crippen LogP contribution in [0.3, 0.4) is 0 Å². The molecule has 0 saturated carbocycles. The van der Waals surface area contributed by atoms with Crippen molar-refractivity contribution in [2.45, 2.75) is 221 Å². The third-order valence-corrected chi connectivity index (χ3v) is 21.0. The summed E-state index contributed by atoms with van der Waals surface area (Å²) in [6, 6.07) is -14.5. The van der Waals surface area contributed by atoms with E-state index in [4.69, 9.17) is 0 Å².